The van der Waals surface area contributed by atoms with E-state index in [-0.39, 0.29) is 12.5 Å². The monoisotopic (exact) mass is 478 g/mol. The SMILES string of the molecule is CN(C)CCCNC(=O)Cn1cc(-c2ccccc2)c(-c2ccccc2)n1.O=C(O)/C=C/C(=O)O. The lowest BCUT2D eigenvalue weighted by Gasteiger charge is -2.09. The normalized spacial score (nSPS) is 10.6. The lowest BCUT2D eigenvalue weighted by Crippen LogP contribution is -2.30. The molecule has 0 saturated heterocycles. The number of rotatable bonds is 10. The van der Waals surface area contributed by atoms with Crippen LogP contribution in [0.5, 0.6) is 0 Å². The molecule has 0 aliphatic carbocycles. The van der Waals surface area contributed by atoms with E-state index in [4.69, 9.17) is 15.3 Å². The molecule has 0 fully saturated rings. The highest BCUT2D eigenvalue weighted by atomic mass is 16.4. The van der Waals surface area contributed by atoms with Crippen LogP contribution in [0.25, 0.3) is 22.4 Å². The van der Waals surface area contributed by atoms with Crippen molar-refractivity contribution in [1.29, 1.82) is 0 Å². The molecule has 1 heterocycles. The summed E-state index contributed by atoms with van der Waals surface area (Å²) >= 11 is 0. The summed E-state index contributed by atoms with van der Waals surface area (Å²) in [6, 6.07) is 20.2. The third kappa shape index (κ3) is 10.1. The van der Waals surface area contributed by atoms with Gasteiger partial charge in [-0.1, -0.05) is 60.7 Å². The van der Waals surface area contributed by atoms with Crippen LogP contribution in [0, 0.1) is 0 Å². The molecule has 1 amide bonds. The number of benzene rings is 2. The van der Waals surface area contributed by atoms with Crippen molar-refractivity contribution in [2.45, 2.75) is 13.0 Å². The molecule has 35 heavy (non-hydrogen) atoms. The maximum atomic E-state index is 12.3. The van der Waals surface area contributed by atoms with Crippen LogP contribution in [0.2, 0.25) is 0 Å². The molecule has 2 aromatic carbocycles. The maximum absolute atomic E-state index is 12.3. The number of carboxylic acid groups (broad SMARTS) is 2. The highest BCUT2D eigenvalue weighted by Crippen LogP contribution is 2.30. The standard InChI is InChI=1S/C22H26N4O.C4H4O4/c1-25(2)15-9-14-23-21(27)17-26-16-20(18-10-5-3-6-11-18)22(24-26)19-12-7-4-8-13-19;5-3(6)1-2-4(7)8/h3-8,10-13,16H,9,14-15,17H2,1-2H3,(H,23,27);1-2H,(H,5,6)(H,7,8)/b;2-1+. The minimum absolute atomic E-state index is 0.0181. The lowest BCUT2D eigenvalue weighted by molar-refractivity contribution is -0.134. The van der Waals surface area contributed by atoms with Crippen molar-refractivity contribution in [3.05, 3.63) is 79.0 Å². The van der Waals surface area contributed by atoms with Gasteiger partial charge < -0.3 is 20.4 Å². The molecule has 9 heteroatoms. The first-order valence-corrected chi connectivity index (χ1v) is 11.0. The first kappa shape index (κ1) is 27.0. The number of hydrogen-bond donors (Lipinski definition) is 3. The van der Waals surface area contributed by atoms with Crippen molar-refractivity contribution in [2.75, 3.05) is 27.2 Å². The fourth-order valence-electron chi connectivity index (χ4n) is 3.11. The molecule has 0 atom stereocenters. The molecule has 3 rings (SSSR count). The molecule has 0 aliphatic rings. The van der Waals surface area contributed by atoms with Gasteiger partial charge in [0.15, 0.2) is 0 Å². The van der Waals surface area contributed by atoms with Gasteiger partial charge in [0.25, 0.3) is 0 Å². The zero-order valence-corrected chi connectivity index (χ0v) is 19.8. The summed E-state index contributed by atoms with van der Waals surface area (Å²) in [5.41, 5.74) is 4.06. The summed E-state index contributed by atoms with van der Waals surface area (Å²) in [6.07, 6.45) is 4.00. The second-order valence-electron chi connectivity index (χ2n) is 7.84. The van der Waals surface area contributed by atoms with Crippen molar-refractivity contribution < 1.29 is 24.6 Å². The molecule has 0 radical (unpaired) electrons. The Bertz CT molecular complexity index is 1050. The molecule has 3 N–H and O–H groups in total. The van der Waals surface area contributed by atoms with Gasteiger partial charge in [-0.15, -0.1) is 0 Å². The molecule has 0 spiro atoms. The number of nitrogens with zero attached hydrogens (tertiary/aromatic N) is 3. The van der Waals surface area contributed by atoms with Crippen LogP contribution in [0.3, 0.4) is 0 Å². The number of nitrogens with one attached hydrogen (secondary N) is 1. The largest absolute Gasteiger partial charge is 0.478 e. The third-order valence-corrected chi connectivity index (χ3v) is 4.67. The van der Waals surface area contributed by atoms with E-state index in [0.717, 1.165) is 35.3 Å². The van der Waals surface area contributed by atoms with E-state index in [1.807, 2.05) is 68.8 Å². The van der Waals surface area contributed by atoms with Crippen molar-refractivity contribution in [3.63, 3.8) is 0 Å². The number of amides is 1. The van der Waals surface area contributed by atoms with Crippen LogP contribution >= 0.6 is 0 Å². The predicted octanol–water partition coefficient (Wildman–Crippen LogP) is 3.00. The number of carboxylic acids is 2. The van der Waals surface area contributed by atoms with Crippen molar-refractivity contribution in [3.8, 4) is 22.4 Å². The van der Waals surface area contributed by atoms with Crippen LogP contribution in [-0.2, 0) is 20.9 Å². The van der Waals surface area contributed by atoms with Crippen LogP contribution in [0.1, 0.15) is 6.42 Å². The van der Waals surface area contributed by atoms with Gasteiger partial charge in [-0.05, 0) is 32.6 Å². The average Bonchev–Trinajstić information content (AvgIpc) is 3.25. The van der Waals surface area contributed by atoms with Crippen LogP contribution in [-0.4, -0.2) is 69.9 Å². The van der Waals surface area contributed by atoms with Gasteiger partial charge in [0.2, 0.25) is 5.91 Å². The summed E-state index contributed by atoms with van der Waals surface area (Å²) in [4.78, 5) is 33.5. The van der Waals surface area contributed by atoms with Crippen LogP contribution < -0.4 is 5.32 Å². The Hall–Kier alpha value is -4.24. The molecular formula is C26H30N4O5. The Morgan fingerprint density at radius 2 is 1.46 bits per heavy atom. The van der Waals surface area contributed by atoms with E-state index in [1.165, 1.54) is 0 Å². The third-order valence-electron chi connectivity index (χ3n) is 4.67. The molecule has 0 saturated carbocycles. The number of aromatic nitrogens is 2. The van der Waals surface area contributed by atoms with E-state index in [1.54, 1.807) is 4.68 Å². The molecule has 0 aliphatic heterocycles. The maximum Gasteiger partial charge on any atom is 0.328 e. The quantitative estimate of drug-likeness (QED) is 0.302. The Balaban J connectivity index is 0.000000466. The second-order valence-corrected chi connectivity index (χ2v) is 7.84. The fourth-order valence-corrected chi connectivity index (χ4v) is 3.11. The second kappa shape index (κ2) is 14.1. The Labute approximate surface area is 204 Å². The van der Waals surface area contributed by atoms with Crippen molar-refractivity contribution in [1.82, 2.24) is 20.0 Å². The first-order valence-electron chi connectivity index (χ1n) is 11.0. The molecule has 0 bridgehead atoms. The first-order chi connectivity index (χ1) is 16.8. The molecule has 0 unspecified atom stereocenters. The molecule has 9 nitrogen and oxygen atoms in total. The van der Waals surface area contributed by atoms with Gasteiger partial charge in [-0.3, -0.25) is 9.48 Å². The Morgan fingerprint density at radius 1 is 0.914 bits per heavy atom. The lowest BCUT2D eigenvalue weighted by atomic mass is 10.0. The van der Waals surface area contributed by atoms with Gasteiger partial charge in [0, 0.05) is 36.0 Å². The zero-order valence-electron chi connectivity index (χ0n) is 19.8. The van der Waals surface area contributed by atoms with Crippen molar-refractivity contribution in [2.24, 2.45) is 0 Å². The van der Waals surface area contributed by atoms with E-state index in [9.17, 15) is 14.4 Å². The van der Waals surface area contributed by atoms with Crippen molar-refractivity contribution >= 4 is 17.8 Å². The Kier molecular flexibility index (Phi) is 10.9. The smallest absolute Gasteiger partial charge is 0.328 e. The fraction of sp³-hybridized carbons (Fsp3) is 0.231. The minimum Gasteiger partial charge on any atom is -0.478 e. The van der Waals surface area contributed by atoms with Gasteiger partial charge >= 0.3 is 11.9 Å². The van der Waals surface area contributed by atoms with Gasteiger partial charge in [-0.25, -0.2) is 9.59 Å². The van der Waals surface area contributed by atoms with Crippen LogP contribution in [0.15, 0.2) is 79.0 Å². The highest BCUT2D eigenvalue weighted by molar-refractivity contribution is 5.89. The zero-order chi connectivity index (χ0) is 25.6. The van der Waals surface area contributed by atoms with E-state index in [2.05, 4.69) is 22.3 Å². The number of hydrogen-bond acceptors (Lipinski definition) is 5. The number of carbonyl (C=O) groups is 3. The van der Waals surface area contributed by atoms with E-state index >= 15 is 0 Å². The van der Waals surface area contributed by atoms with Gasteiger partial charge in [-0.2, -0.15) is 5.10 Å². The molecular weight excluding hydrogens is 448 g/mol. The highest BCUT2D eigenvalue weighted by Gasteiger charge is 2.14. The number of carbonyl (C=O) groups excluding carboxylic acids is 1. The predicted molar refractivity (Wildman–Crippen MR) is 134 cm³/mol. The molecule has 184 valence electrons. The summed E-state index contributed by atoms with van der Waals surface area (Å²) in [6.45, 7) is 1.85. The summed E-state index contributed by atoms with van der Waals surface area (Å²) in [5, 5.41) is 23.3. The van der Waals surface area contributed by atoms with E-state index < -0.39 is 11.9 Å². The molecule has 3 aromatic rings. The summed E-state index contributed by atoms with van der Waals surface area (Å²) in [7, 11) is 4.06. The van der Waals surface area contributed by atoms with E-state index in [0.29, 0.717) is 18.7 Å². The summed E-state index contributed by atoms with van der Waals surface area (Å²) < 4.78 is 1.73. The van der Waals surface area contributed by atoms with Crippen LogP contribution in [0.4, 0.5) is 0 Å². The molecule has 1 aromatic heterocycles. The Morgan fingerprint density at radius 3 is 1.97 bits per heavy atom. The number of aliphatic carboxylic acids is 2. The van der Waals surface area contributed by atoms with Gasteiger partial charge in [0.05, 0.1) is 0 Å². The van der Waals surface area contributed by atoms with Gasteiger partial charge in [0.1, 0.15) is 12.2 Å². The average molecular weight is 479 g/mol. The topological polar surface area (TPSA) is 125 Å². The minimum atomic E-state index is -1.26. The summed E-state index contributed by atoms with van der Waals surface area (Å²) in [5.74, 6) is -2.53.